The molecule has 2 aromatic rings. The second-order valence-electron chi connectivity index (χ2n) is 4.60. The molecule has 0 aliphatic heterocycles. The van der Waals surface area contributed by atoms with Crippen LogP contribution < -0.4 is 5.14 Å². The molecule has 1 heterocycles. The summed E-state index contributed by atoms with van der Waals surface area (Å²) in [6, 6.07) is 11.6. The maximum atomic E-state index is 12.4. The van der Waals surface area contributed by atoms with E-state index in [0.29, 0.717) is 0 Å². The largest absolute Gasteiger partial charge is 0.438 e. The lowest BCUT2D eigenvalue weighted by atomic mass is 10.2. The van der Waals surface area contributed by atoms with Gasteiger partial charge in [-0.15, -0.1) is 0 Å². The molecule has 2 rings (SSSR count). The maximum absolute atomic E-state index is 12.4. The summed E-state index contributed by atoms with van der Waals surface area (Å²) in [7, 11) is -4.00. The minimum absolute atomic E-state index is 0.0964. The van der Waals surface area contributed by atoms with Gasteiger partial charge in [0.2, 0.25) is 5.09 Å². The van der Waals surface area contributed by atoms with Crippen LogP contribution >= 0.6 is 0 Å². The third-order valence-corrected chi connectivity index (χ3v) is 3.73. The fraction of sp³-hybridized carbons (Fsp3) is 0.214. The Hall–Kier alpha value is -2.16. The standard InChI is InChI=1S/C14H16N2O5S/c15-22(19,20)13-7-6-12(21-13)14(18)16(8-9-17)10-11-4-2-1-3-5-11/h1-7,17H,8-10H2,(H2,15,19,20). The van der Waals surface area contributed by atoms with Gasteiger partial charge in [0, 0.05) is 13.1 Å². The van der Waals surface area contributed by atoms with Crippen LogP contribution in [0.25, 0.3) is 0 Å². The van der Waals surface area contributed by atoms with Crippen LogP contribution in [0.4, 0.5) is 0 Å². The van der Waals surface area contributed by atoms with Crippen molar-refractivity contribution < 1.29 is 22.7 Å². The molecule has 0 unspecified atom stereocenters. The molecule has 0 aliphatic rings. The molecule has 0 aliphatic carbocycles. The number of nitrogens with zero attached hydrogens (tertiary/aromatic N) is 1. The van der Waals surface area contributed by atoms with Gasteiger partial charge in [-0.25, -0.2) is 13.6 Å². The van der Waals surface area contributed by atoms with Crippen molar-refractivity contribution in [1.82, 2.24) is 4.90 Å². The van der Waals surface area contributed by atoms with Crippen LogP contribution in [0, 0.1) is 0 Å². The number of hydrogen-bond donors (Lipinski definition) is 2. The van der Waals surface area contributed by atoms with Gasteiger partial charge in [0.15, 0.2) is 5.76 Å². The van der Waals surface area contributed by atoms with Crippen molar-refractivity contribution >= 4 is 15.9 Å². The van der Waals surface area contributed by atoms with Crippen LogP contribution in [0.1, 0.15) is 16.1 Å². The second kappa shape index (κ2) is 6.73. The van der Waals surface area contributed by atoms with E-state index < -0.39 is 21.0 Å². The zero-order valence-corrected chi connectivity index (χ0v) is 12.5. The first kappa shape index (κ1) is 16.2. The molecule has 0 bridgehead atoms. The predicted octanol–water partition coefficient (Wildman–Crippen LogP) is 0.562. The summed E-state index contributed by atoms with van der Waals surface area (Å²) in [5, 5.41) is 13.6. The number of aliphatic hydroxyl groups is 1. The minimum atomic E-state index is -4.00. The highest BCUT2D eigenvalue weighted by Crippen LogP contribution is 2.15. The van der Waals surface area contributed by atoms with Gasteiger partial charge < -0.3 is 14.4 Å². The van der Waals surface area contributed by atoms with Gasteiger partial charge in [-0.2, -0.15) is 0 Å². The number of sulfonamides is 1. The Morgan fingerprint density at radius 2 is 1.86 bits per heavy atom. The third kappa shape index (κ3) is 3.94. The molecule has 1 aromatic carbocycles. The Morgan fingerprint density at radius 1 is 1.18 bits per heavy atom. The van der Waals surface area contributed by atoms with E-state index in [1.165, 1.54) is 11.0 Å². The lowest BCUT2D eigenvalue weighted by Gasteiger charge is -2.20. The zero-order valence-electron chi connectivity index (χ0n) is 11.7. The number of aliphatic hydroxyl groups excluding tert-OH is 1. The molecule has 0 fully saturated rings. The van der Waals surface area contributed by atoms with Crippen molar-refractivity contribution in [2.75, 3.05) is 13.2 Å². The molecule has 0 saturated carbocycles. The summed E-state index contributed by atoms with van der Waals surface area (Å²) < 4.78 is 27.3. The number of carbonyl (C=O) groups is 1. The number of benzene rings is 1. The minimum Gasteiger partial charge on any atom is -0.438 e. The topological polar surface area (TPSA) is 114 Å². The number of nitrogens with two attached hydrogens (primary N) is 1. The van der Waals surface area contributed by atoms with E-state index in [9.17, 15) is 13.2 Å². The monoisotopic (exact) mass is 324 g/mol. The summed E-state index contributed by atoms with van der Waals surface area (Å²) in [5.74, 6) is -0.666. The van der Waals surface area contributed by atoms with Gasteiger partial charge in [0.1, 0.15) is 0 Å². The van der Waals surface area contributed by atoms with Crippen molar-refractivity contribution in [3.8, 4) is 0 Å². The second-order valence-corrected chi connectivity index (χ2v) is 6.09. The predicted molar refractivity (Wildman–Crippen MR) is 78.3 cm³/mol. The molecule has 118 valence electrons. The number of amides is 1. The molecule has 3 N–H and O–H groups in total. The summed E-state index contributed by atoms with van der Waals surface area (Å²) >= 11 is 0. The van der Waals surface area contributed by atoms with Crippen LogP contribution in [-0.2, 0) is 16.6 Å². The van der Waals surface area contributed by atoms with E-state index in [-0.39, 0.29) is 25.5 Å². The Balaban J connectivity index is 2.21. The molecule has 0 spiro atoms. The van der Waals surface area contributed by atoms with E-state index >= 15 is 0 Å². The van der Waals surface area contributed by atoms with Crippen molar-refractivity contribution in [3.05, 3.63) is 53.8 Å². The summed E-state index contributed by atoms with van der Waals surface area (Å²) in [6.45, 7) is 0.145. The first-order valence-electron chi connectivity index (χ1n) is 6.48. The molecule has 0 radical (unpaired) electrons. The van der Waals surface area contributed by atoms with Gasteiger partial charge in [-0.05, 0) is 17.7 Å². The van der Waals surface area contributed by atoms with Crippen molar-refractivity contribution in [2.24, 2.45) is 5.14 Å². The lowest BCUT2D eigenvalue weighted by Crippen LogP contribution is -2.32. The van der Waals surface area contributed by atoms with Crippen LogP contribution in [0.5, 0.6) is 0 Å². The quantitative estimate of drug-likeness (QED) is 0.806. The van der Waals surface area contributed by atoms with E-state index in [1.54, 1.807) is 0 Å². The summed E-state index contributed by atoms with van der Waals surface area (Å²) in [4.78, 5) is 13.7. The highest BCUT2D eigenvalue weighted by Gasteiger charge is 2.22. The highest BCUT2D eigenvalue weighted by atomic mass is 32.2. The smallest absolute Gasteiger partial charge is 0.289 e. The van der Waals surface area contributed by atoms with Gasteiger partial charge in [-0.3, -0.25) is 4.79 Å². The van der Waals surface area contributed by atoms with Crippen molar-refractivity contribution in [3.63, 3.8) is 0 Å². The van der Waals surface area contributed by atoms with Gasteiger partial charge in [0.25, 0.3) is 15.9 Å². The maximum Gasteiger partial charge on any atom is 0.289 e. The van der Waals surface area contributed by atoms with Crippen LogP contribution in [-0.4, -0.2) is 37.5 Å². The average Bonchev–Trinajstić information content (AvgIpc) is 2.97. The van der Waals surface area contributed by atoms with E-state index in [0.717, 1.165) is 11.6 Å². The molecule has 0 atom stereocenters. The normalized spacial score (nSPS) is 11.4. The molecule has 8 heteroatoms. The Labute approximate surface area is 128 Å². The van der Waals surface area contributed by atoms with Crippen molar-refractivity contribution in [1.29, 1.82) is 0 Å². The summed E-state index contributed by atoms with van der Waals surface area (Å²) in [6.07, 6.45) is 0. The van der Waals surface area contributed by atoms with Gasteiger partial charge in [-0.1, -0.05) is 30.3 Å². The molecule has 22 heavy (non-hydrogen) atoms. The van der Waals surface area contributed by atoms with Crippen LogP contribution in [0.15, 0.2) is 52.0 Å². The molecular formula is C14H16N2O5S. The Bertz CT molecular complexity index is 740. The first-order valence-corrected chi connectivity index (χ1v) is 8.03. The molecule has 1 amide bonds. The molecule has 0 saturated heterocycles. The van der Waals surface area contributed by atoms with Gasteiger partial charge >= 0.3 is 0 Å². The van der Waals surface area contributed by atoms with E-state index in [2.05, 4.69) is 0 Å². The number of rotatable bonds is 6. The van der Waals surface area contributed by atoms with E-state index in [1.807, 2.05) is 30.3 Å². The molecule has 7 nitrogen and oxygen atoms in total. The van der Waals surface area contributed by atoms with E-state index in [4.69, 9.17) is 14.7 Å². The fourth-order valence-corrected chi connectivity index (χ4v) is 2.38. The SMILES string of the molecule is NS(=O)(=O)c1ccc(C(=O)N(CCO)Cc2ccccc2)o1. The van der Waals surface area contributed by atoms with Crippen molar-refractivity contribution in [2.45, 2.75) is 11.6 Å². The average molecular weight is 324 g/mol. The summed E-state index contributed by atoms with van der Waals surface area (Å²) in [5.41, 5.74) is 0.877. The number of furan rings is 1. The first-order chi connectivity index (χ1) is 10.4. The Morgan fingerprint density at radius 3 is 2.41 bits per heavy atom. The fourth-order valence-electron chi connectivity index (χ4n) is 1.92. The van der Waals surface area contributed by atoms with Crippen LogP contribution in [0.2, 0.25) is 0 Å². The molecular weight excluding hydrogens is 308 g/mol. The van der Waals surface area contributed by atoms with Crippen LogP contribution in [0.3, 0.4) is 0 Å². The molecule has 1 aromatic heterocycles. The number of carbonyl (C=O) groups excluding carboxylic acids is 1. The number of hydrogen-bond acceptors (Lipinski definition) is 5. The number of primary sulfonamides is 1. The Kier molecular flexibility index (Phi) is 4.96. The highest BCUT2D eigenvalue weighted by molar-refractivity contribution is 7.89. The lowest BCUT2D eigenvalue weighted by molar-refractivity contribution is 0.0670. The third-order valence-electron chi connectivity index (χ3n) is 2.95. The zero-order chi connectivity index (χ0) is 16.2. The van der Waals surface area contributed by atoms with Gasteiger partial charge in [0.05, 0.1) is 6.61 Å².